The first-order chi connectivity index (χ1) is 24.5. The number of esters is 2. The maximum Gasteiger partial charge on any atom is 0.330 e. The largest absolute Gasteiger partial charge is 0.494 e. The molecule has 4 aromatic carbocycles. The second kappa shape index (κ2) is 18.6. The molecule has 0 radical (unpaired) electrons. The van der Waals surface area contributed by atoms with Crippen molar-refractivity contribution in [2.75, 3.05) is 26.4 Å². The number of rotatable bonds is 20. The molecule has 50 heavy (non-hydrogen) atoms. The number of benzene rings is 4. The van der Waals surface area contributed by atoms with Crippen LogP contribution in [0.25, 0.3) is 33.4 Å². The van der Waals surface area contributed by atoms with Crippen LogP contribution in [0.3, 0.4) is 0 Å². The molecule has 0 fully saturated rings. The zero-order chi connectivity index (χ0) is 35.1. The third-order valence-electron chi connectivity index (χ3n) is 9.03. The molecule has 0 amide bonds. The van der Waals surface area contributed by atoms with E-state index in [1.165, 1.54) is 56.7 Å². The van der Waals surface area contributed by atoms with Crippen molar-refractivity contribution in [1.82, 2.24) is 0 Å². The van der Waals surface area contributed by atoms with E-state index in [0.717, 1.165) is 62.9 Å². The molecule has 0 N–H and O–H groups in total. The lowest BCUT2D eigenvalue weighted by molar-refractivity contribution is -0.138. The summed E-state index contributed by atoms with van der Waals surface area (Å²) in [5.41, 5.74) is 10.2. The Morgan fingerprint density at radius 2 is 0.960 bits per heavy atom. The van der Waals surface area contributed by atoms with Crippen molar-refractivity contribution < 1.29 is 28.5 Å². The fourth-order valence-electron chi connectivity index (χ4n) is 6.41. The van der Waals surface area contributed by atoms with Crippen LogP contribution in [0.15, 0.2) is 110 Å². The molecule has 0 aromatic heterocycles. The monoisotopic (exact) mass is 672 g/mol. The van der Waals surface area contributed by atoms with E-state index in [0.29, 0.717) is 32.3 Å². The number of ether oxygens (including phenoxy) is 4. The molecule has 4 aromatic rings. The zero-order valence-corrected chi connectivity index (χ0v) is 29.2. The van der Waals surface area contributed by atoms with Crippen LogP contribution in [0.5, 0.6) is 11.5 Å². The molecular formula is C44H48O6. The van der Waals surface area contributed by atoms with Gasteiger partial charge in [-0.3, -0.25) is 0 Å². The van der Waals surface area contributed by atoms with Gasteiger partial charge in [-0.15, -0.1) is 0 Å². The number of carbonyl (C=O) groups is 2. The molecule has 0 spiro atoms. The Bertz CT molecular complexity index is 1610. The number of hydrogen-bond donors (Lipinski definition) is 0. The molecular weight excluding hydrogens is 624 g/mol. The fraction of sp³-hybridized carbons (Fsp3) is 0.318. The lowest BCUT2D eigenvalue weighted by Crippen LogP contribution is -2.03. The van der Waals surface area contributed by atoms with E-state index in [1.54, 1.807) is 0 Å². The summed E-state index contributed by atoms with van der Waals surface area (Å²) in [4.78, 5) is 22.2. The van der Waals surface area contributed by atoms with Crippen LogP contribution in [-0.4, -0.2) is 38.4 Å². The lowest BCUT2D eigenvalue weighted by Gasteiger charge is -2.15. The third kappa shape index (κ3) is 9.75. The topological polar surface area (TPSA) is 71.1 Å². The zero-order valence-electron chi connectivity index (χ0n) is 29.2. The maximum atomic E-state index is 11.1. The minimum Gasteiger partial charge on any atom is -0.494 e. The van der Waals surface area contributed by atoms with E-state index < -0.39 is 0 Å². The van der Waals surface area contributed by atoms with Gasteiger partial charge in [-0.05, 0) is 126 Å². The van der Waals surface area contributed by atoms with Crippen molar-refractivity contribution in [3.05, 3.63) is 121 Å². The average Bonchev–Trinajstić information content (AvgIpc) is 3.46. The highest BCUT2D eigenvalue weighted by Gasteiger charge is 2.29. The number of hydrogen-bond acceptors (Lipinski definition) is 6. The second-order valence-corrected chi connectivity index (χ2v) is 12.6. The Morgan fingerprint density at radius 1 is 0.560 bits per heavy atom. The van der Waals surface area contributed by atoms with Gasteiger partial charge in [0.05, 0.1) is 26.4 Å². The Morgan fingerprint density at radius 3 is 1.36 bits per heavy atom. The van der Waals surface area contributed by atoms with E-state index in [2.05, 4.69) is 80.7 Å². The van der Waals surface area contributed by atoms with Crippen molar-refractivity contribution in [2.24, 2.45) is 0 Å². The van der Waals surface area contributed by atoms with Gasteiger partial charge < -0.3 is 18.9 Å². The van der Waals surface area contributed by atoms with Crippen LogP contribution in [0, 0.1) is 0 Å². The predicted octanol–water partition coefficient (Wildman–Crippen LogP) is 10.5. The Kier molecular flexibility index (Phi) is 13.5. The second-order valence-electron chi connectivity index (χ2n) is 12.6. The maximum absolute atomic E-state index is 11.1. The molecule has 1 aliphatic rings. The molecule has 0 saturated heterocycles. The molecule has 0 bridgehead atoms. The Hall–Kier alpha value is -5.10. The Balaban J connectivity index is 1.17. The van der Waals surface area contributed by atoms with Crippen molar-refractivity contribution in [1.29, 1.82) is 0 Å². The van der Waals surface area contributed by atoms with E-state index >= 15 is 0 Å². The summed E-state index contributed by atoms with van der Waals surface area (Å²) < 4.78 is 22.0. The van der Waals surface area contributed by atoms with Gasteiger partial charge in [0.1, 0.15) is 11.5 Å². The van der Waals surface area contributed by atoms with Crippen LogP contribution in [-0.2, 0) is 19.1 Å². The van der Waals surface area contributed by atoms with Gasteiger partial charge in [0.15, 0.2) is 0 Å². The van der Waals surface area contributed by atoms with Gasteiger partial charge in [0.2, 0.25) is 0 Å². The van der Waals surface area contributed by atoms with Gasteiger partial charge in [0, 0.05) is 18.1 Å². The number of unbranched alkanes of at least 4 members (excludes halogenated alkanes) is 4. The van der Waals surface area contributed by atoms with E-state index in [-0.39, 0.29) is 11.9 Å². The third-order valence-corrected chi connectivity index (χ3v) is 9.03. The van der Waals surface area contributed by atoms with Gasteiger partial charge in [-0.25, -0.2) is 9.59 Å². The van der Waals surface area contributed by atoms with Gasteiger partial charge in [0.25, 0.3) is 0 Å². The van der Waals surface area contributed by atoms with Crippen molar-refractivity contribution in [3.63, 3.8) is 0 Å². The van der Waals surface area contributed by atoms with Crippen LogP contribution in [0.1, 0.15) is 75.3 Å². The molecule has 6 heteroatoms. The standard InChI is InChI=1S/C44H48O6/c1-4-13-38-41-30-34(32-14-20-36(21-15-32)47-26-9-7-11-28-49-43(45)5-2)18-24-39(41)40-25-19-35(31-42(38)40)33-16-22-37(23-17-33)48-27-10-8-12-29-50-44(46)6-3/h5-6,14-25,30-31,38H,2-4,7-13,26-29H2,1H3. The quantitative estimate of drug-likeness (QED) is 0.0529. The molecule has 6 nitrogen and oxygen atoms in total. The molecule has 1 aliphatic carbocycles. The molecule has 0 atom stereocenters. The van der Waals surface area contributed by atoms with Gasteiger partial charge in [-0.2, -0.15) is 0 Å². The first-order valence-corrected chi connectivity index (χ1v) is 17.8. The Labute approximate surface area is 296 Å². The van der Waals surface area contributed by atoms with Crippen molar-refractivity contribution in [3.8, 4) is 44.9 Å². The molecule has 5 rings (SSSR count). The summed E-state index contributed by atoms with van der Waals surface area (Å²) in [6.45, 7) is 11.2. The fourth-order valence-corrected chi connectivity index (χ4v) is 6.41. The van der Waals surface area contributed by atoms with E-state index in [9.17, 15) is 9.59 Å². The average molecular weight is 673 g/mol. The highest BCUT2D eigenvalue weighted by atomic mass is 16.5. The summed E-state index contributed by atoms with van der Waals surface area (Å²) >= 11 is 0. The van der Waals surface area contributed by atoms with Crippen LogP contribution in [0.4, 0.5) is 0 Å². The molecule has 0 aliphatic heterocycles. The summed E-state index contributed by atoms with van der Waals surface area (Å²) in [5, 5.41) is 0. The highest BCUT2D eigenvalue weighted by molar-refractivity contribution is 5.84. The van der Waals surface area contributed by atoms with Gasteiger partial charge >= 0.3 is 11.9 Å². The SMILES string of the molecule is C=CC(=O)OCCCCCOc1ccc(-c2ccc3c(c2)C(CCC)c2cc(-c4ccc(OCCCCCOC(=O)C=C)cc4)ccc2-3)cc1. The normalized spacial score (nSPS) is 11.7. The summed E-state index contributed by atoms with van der Waals surface area (Å²) in [6.07, 6.45) is 9.88. The summed E-state index contributed by atoms with van der Waals surface area (Å²) in [7, 11) is 0. The molecule has 0 unspecified atom stereocenters. The number of fused-ring (bicyclic) bond motifs is 3. The smallest absolute Gasteiger partial charge is 0.330 e. The molecule has 0 saturated carbocycles. The van der Waals surface area contributed by atoms with E-state index in [4.69, 9.17) is 18.9 Å². The van der Waals surface area contributed by atoms with Gasteiger partial charge in [-0.1, -0.05) is 75.0 Å². The molecule has 0 heterocycles. The first-order valence-electron chi connectivity index (χ1n) is 17.8. The van der Waals surface area contributed by atoms with E-state index in [1.807, 2.05) is 24.3 Å². The van der Waals surface area contributed by atoms with Crippen LogP contribution >= 0.6 is 0 Å². The van der Waals surface area contributed by atoms with Crippen LogP contribution < -0.4 is 9.47 Å². The molecule has 260 valence electrons. The summed E-state index contributed by atoms with van der Waals surface area (Å²) in [6, 6.07) is 30.5. The van der Waals surface area contributed by atoms with Crippen molar-refractivity contribution >= 4 is 11.9 Å². The first kappa shape index (κ1) is 36.2. The predicted molar refractivity (Wildman–Crippen MR) is 201 cm³/mol. The summed E-state index contributed by atoms with van der Waals surface area (Å²) in [5.74, 6) is 1.33. The lowest BCUT2D eigenvalue weighted by atomic mass is 9.89. The number of carbonyl (C=O) groups excluding carboxylic acids is 2. The van der Waals surface area contributed by atoms with Crippen LogP contribution in [0.2, 0.25) is 0 Å². The minimum atomic E-state index is -0.374. The minimum absolute atomic E-state index is 0.357. The highest BCUT2D eigenvalue weighted by Crippen LogP contribution is 2.49. The van der Waals surface area contributed by atoms with Crippen molar-refractivity contribution in [2.45, 2.75) is 64.2 Å².